The molecule has 0 aromatic carbocycles. The molecule has 0 aromatic heterocycles. The minimum Gasteiger partial charge on any atom is -0.353 e. The molecule has 1 rings (SSSR count). The molecule has 1 heterocycles. The molecule has 1 aliphatic rings. The largest absolute Gasteiger partial charge is 0.353 e. The predicted molar refractivity (Wildman–Crippen MR) is 66.1 cm³/mol. The molecule has 4 nitrogen and oxygen atoms in total. The van der Waals surface area contributed by atoms with Gasteiger partial charge in [0.2, 0.25) is 5.91 Å². The maximum atomic E-state index is 11.7. The fourth-order valence-corrected chi connectivity index (χ4v) is 2.77. The number of piperazine rings is 1. The van der Waals surface area contributed by atoms with E-state index >= 15 is 0 Å². The molecule has 3 atom stereocenters. The number of hydrogen-bond donors (Lipinski definition) is 2. The highest BCUT2D eigenvalue weighted by Gasteiger charge is 2.39. The molecular formula is C12H25N3O. The average Bonchev–Trinajstić information content (AvgIpc) is 2.09. The van der Waals surface area contributed by atoms with Crippen molar-refractivity contribution >= 4 is 5.91 Å². The Balaban J connectivity index is 2.90. The molecule has 0 aliphatic carbocycles. The Kier molecular flexibility index (Phi) is 3.97. The van der Waals surface area contributed by atoms with Gasteiger partial charge in [0.15, 0.2) is 0 Å². The fourth-order valence-electron chi connectivity index (χ4n) is 2.77. The lowest BCUT2D eigenvalue weighted by molar-refractivity contribution is -0.131. The first-order valence-electron chi connectivity index (χ1n) is 6.04. The van der Waals surface area contributed by atoms with E-state index in [0.29, 0.717) is 0 Å². The summed E-state index contributed by atoms with van der Waals surface area (Å²) in [6.07, 6.45) is 0. The third kappa shape index (κ3) is 2.74. The van der Waals surface area contributed by atoms with Crippen LogP contribution < -0.4 is 11.1 Å². The highest BCUT2D eigenvalue weighted by molar-refractivity contribution is 5.82. The number of rotatable bonds is 2. The van der Waals surface area contributed by atoms with E-state index in [0.717, 1.165) is 13.1 Å². The first-order chi connectivity index (χ1) is 7.25. The Morgan fingerprint density at radius 1 is 1.50 bits per heavy atom. The van der Waals surface area contributed by atoms with Crippen LogP contribution in [0, 0.1) is 5.41 Å². The molecule has 3 unspecified atom stereocenters. The highest BCUT2D eigenvalue weighted by Crippen LogP contribution is 2.28. The van der Waals surface area contributed by atoms with Crippen LogP contribution in [0.5, 0.6) is 0 Å². The normalized spacial score (nSPS) is 27.4. The first-order valence-corrected chi connectivity index (χ1v) is 6.04. The van der Waals surface area contributed by atoms with Crippen LogP contribution in [0.3, 0.4) is 0 Å². The average molecular weight is 227 g/mol. The van der Waals surface area contributed by atoms with E-state index in [9.17, 15) is 4.79 Å². The minimum absolute atomic E-state index is 0.0633. The van der Waals surface area contributed by atoms with Crippen molar-refractivity contribution in [3.8, 4) is 0 Å². The number of hydrogen-bond acceptors (Lipinski definition) is 3. The van der Waals surface area contributed by atoms with Gasteiger partial charge in [0.25, 0.3) is 0 Å². The third-order valence-electron chi connectivity index (χ3n) is 3.29. The lowest BCUT2D eigenvalue weighted by Gasteiger charge is -2.46. The van der Waals surface area contributed by atoms with E-state index < -0.39 is 0 Å². The number of nitrogens with two attached hydrogens (primary N) is 1. The summed E-state index contributed by atoms with van der Waals surface area (Å²) in [6.45, 7) is 12.1. The number of carbonyl (C=O) groups excluding carboxylic acids is 1. The molecule has 1 amide bonds. The van der Waals surface area contributed by atoms with Gasteiger partial charge in [-0.2, -0.15) is 0 Å². The fraction of sp³-hybridized carbons (Fsp3) is 0.917. The van der Waals surface area contributed by atoms with Crippen LogP contribution in [-0.2, 0) is 4.79 Å². The number of nitrogens with one attached hydrogen (secondary N) is 1. The van der Waals surface area contributed by atoms with E-state index in [4.69, 9.17) is 5.73 Å². The van der Waals surface area contributed by atoms with Gasteiger partial charge in [-0.15, -0.1) is 0 Å². The quantitative estimate of drug-likeness (QED) is 0.725. The van der Waals surface area contributed by atoms with Crippen LogP contribution >= 0.6 is 0 Å². The van der Waals surface area contributed by atoms with Gasteiger partial charge in [-0.3, -0.25) is 9.69 Å². The first kappa shape index (κ1) is 13.5. The van der Waals surface area contributed by atoms with E-state index in [1.807, 2.05) is 13.8 Å². The van der Waals surface area contributed by atoms with Gasteiger partial charge in [-0.05, 0) is 19.3 Å². The second kappa shape index (κ2) is 4.72. The van der Waals surface area contributed by atoms with Crippen LogP contribution in [0.1, 0.15) is 34.6 Å². The molecule has 0 radical (unpaired) electrons. The number of carbonyl (C=O) groups is 1. The molecule has 4 heteroatoms. The minimum atomic E-state index is -0.0797. The zero-order chi connectivity index (χ0) is 12.5. The summed E-state index contributed by atoms with van der Waals surface area (Å²) >= 11 is 0. The second-order valence-corrected chi connectivity index (χ2v) is 5.87. The molecule has 1 saturated heterocycles. The SMILES string of the molecule is CC(N)C(N1CCNC(=O)C1C)C(C)(C)C. The Hall–Kier alpha value is -0.610. The molecule has 1 fully saturated rings. The van der Waals surface area contributed by atoms with Crippen LogP contribution in [0.15, 0.2) is 0 Å². The van der Waals surface area contributed by atoms with Crippen LogP contribution in [0.2, 0.25) is 0 Å². The van der Waals surface area contributed by atoms with Crippen LogP contribution in [0.25, 0.3) is 0 Å². The highest BCUT2D eigenvalue weighted by atomic mass is 16.2. The molecule has 1 aliphatic heterocycles. The molecule has 0 aromatic rings. The zero-order valence-corrected chi connectivity index (χ0v) is 11.1. The van der Waals surface area contributed by atoms with Gasteiger partial charge in [-0.1, -0.05) is 20.8 Å². The van der Waals surface area contributed by atoms with Gasteiger partial charge < -0.3 is 11.1 Å². The molecule has 0 saturated carbocycles. The summed E-state index contributed by atoms with van der Waals surface area (Å²) < 4.78 is 0. The molecular weight excluding hydrogens is 202 g/mol. The van der Waals surface area contributed by atoms with Gasteiger partial charge in [0, 0.05) is 25.2 Å². The summed E-state index contributed by atoms with van der Waals surface area (Å²) in [7, 11) is 0. The summed E-state index contributed by atoms with van der Waals surface area (Å²) in [5.41, 5.74) is 6.17. The van der Waals surface area contributed by atoms with Gasteiger partial charge in [0.05, 0.1) is 6.04 Å². The molecule has 0 bridgehead atoms. The summed E-state index contributed by atoms with van der Waals surface area (Å²) in [4.78, 5) is 13.9. The topological polar surface area (TPSA) is 58.4 Å². The maximum absolute atomic E-state index is 11.7. The van der Waals surface area contributed by atoms with Crippen molar-refractivity contribution in [3.05, 3.63) is 0 Å². The Morgan fingerprint density at radius 2 is 2.06 bits per heavy atom. The van der Waals surface area contributed by atoms with Crippen molar-refractivity contribution in [2.45, 2.75) is 52.7 Å². The van der Waals surface area contributed by atoms with Crippen LogP contribution in [0.4, 0.5) is 0 Å². The van der Waals surface area contributed by atoms with Crippen molar-refractivity contribution in [1.82, 2.24) is 10.2 Å². The van der Waals surface area contributed by atoms with Crippen molar-refractivity contribution in [1.29, 1.82) is 0 Å². The number of amides is 1. The maximum Gasteiger partial charge on any atom is 0.237 e. The van der Waals surface area contributed by atoms with Crippen molar-refractivity contribution in [2.75, 3.05) is 13.1 Å². The molecule has 3 N–H and O–H groups in total. The second-order valence-electron chi connectivity index (χ2n) is 5.87. The van der Waals surface area contributed by atoms with Crippen molar-refractivity contribution in [3.63, 3.8) is 0 Å². The monoisotopic (exact) mass is 227 g/mol. The zero-order valence-electron chi connectivity index (χ0n) is 11.1. The van der Waals surface area contributed by atoms with Crippen LogP contribution in [-0.4, -0.2) is 42.0 Å². The third-order valence-corrected chi connectivity index (χ3v) is 3.29. The summed E-state index contributed by atoms with van der Waals surface area (Å²) in [6, 6.07) is 0.214. The smallest absolute Gasteiger partial charge is 0.237 e. The molecule has 16 heavy (non-hydrogen) atoms. The van der Waals surface area contributed by atoms with E-state index in [1.165, 1.54) is 0 Å². The van der Waals surface area contributed by atoms with Gasteiger partial charge in [0.1, 0.15) is 0 Å². The van der Waals surface area contributed by atoms with E-state index in [-0.39, 0.29) is 29.4 Å². The standard InChI is InChI=1S/C12H25N3O/c1-8(13)10(12(3,4)5)15-7-6-14-11(16)9(15)2/h8-10H,6-7,13H2,1-5H3,(H,14,16). The summed E-state index contributed by atoms with van der Waals surface area (Å²) in [5, 5.41) is 2.89. The summed E-state index contributed by atoms with van der Waals surface area (Å²) in [5.74, 6) is 0.112. The lowest BCUT2D eigenvalue weighted by atomic mass is 9.81. The Labute approximate surface area is 98.6 Å². The van der Waals surface area contributed by atoms with E-state index in [2.05, 4.69) is 31.0 Å². The lowest BCUT2D eigenvalue weighted by Crippen LogP contribution is -2.63. The van der Waals surface area contributed by atoms with E-state index in [1.54, 1.807) is 0 Å². The Morgan fingerprint density at radius 3 is 2.50 bits per heavy atom. The van der Waals surface area contributed by atoms with Crippen molar-refractivity contribution < 1.29 is 4.79 Å². The number of nitrogens with zero attached hydrogens (tertiary/aromatic N) is 1. The van der Waals surface area contributed by atoms with Gasteiger partial charge >= 0.3 is 0 Å². The predicted octanol–water partition coefficient (Wildman–Crippen LogP) is 0.569. The molecule has 94 valence electrons. The Bertz CT molecular complexity index is 257. The van der Waals surface area contributed by atoms with Gasteiger partial charge in [-0.25, -0.2) is 0 Å². The molecule has 0 spiro atoms. The van der Waals surface area contributed by atoms with Crippen molar-refractivity contribution in [2.24, 2.45) is 11.1 Å².